The van der Waals surface area contributed by atoms with E-state index < -0.39 is 4.92 Å². The monoisotopic (exact) mass is 562 g/mol. The highest BCUT2D eigenvalue weighted by Crippen LogP contribution is 2.34. The van der Waals surface area contributed by atoms with E-state index in [0.717, 1.165) is 11.3 Å². The molecule has 0 fully saturated rings. The van der Waals surface area contributed by atoms with Crippen LogP contribution in [0.15, 0.2) is 89.9 Å². The molecule has 3 aromatic carbocycles. The predicted molar refractivity (Wildman–Crippen MR) is 158 cm³/mol. The van der Waals surface area contributed by atoms with Crippen LogP contribution in [0, 0.1) is 10.1 Å². The molecule has 202 valence electrons. The number of nitro benzene ring substituents is 1. The van der Waals surface area contributed by atoms with Crippen LogP contribution in [0.4, 0.5) is 5.69 Å². The summed E-state index contributed by atoms with van der Waals surface area (Å²) in [5.74, 6) is 0.613. The lowest BCUT2D eigenvalue weighted by molar-refractivity contribution is -0.385. The van der Waals surface area contributed by atoms with Gasteiger partial charge in [0.1, 0.15) is 5.69 Å². The van der Waals surface area contributed by atoms with Crippen molar-refractivity contribution >= 4 is 40.2 Å². The molecule has 0 radical (unpaired) electrons. The first-order valence-corrected chi connectivity index (χ1v) is 13.5. The number of para-hydroxylation sites is 1. The highest BCUT2D eigenvalue weighted by molar-refractivity contribution is 7.15. The molecule has 0 saturated heterocycles. The Morgan fingerprint density at radius 1 is 1.00 bits per heavy atom. The molecule has 0 saturated carbocycles. The van der Waals surface area contributed by atoms with E-state index in [0.29, 0.717) is 38.7 Å². The quantitative estimate of drug-likeness (QED) is 0.189. The maximum absolute atomic E-state index is 13.3. The molecule has 3 heterocycles. The lowest BCUT2D eigenvalue weighted by atomic mass is 10.1. The van der Waals surface area contributed by atoms with Crippen LogP contribution in [0.25, 0.3) is 40.1 Å². The molecule has 0 aliphatic rings. The summed E-state index contributed by atoms with van der Waals surface area (Å²) in [5.41, 5.74) is 2.93. The van der Waals surface area contributed by atoms with Crippen molar-refractivity contribution in [2.75, 3.05) is 6.61 Å². The maximum Gasteiger partial charge on any atom is 0.311 e. The Balaban J connectivity index is 1.44. The van der Waals surface area contributed by atoms with Crippen molar-refractivity contribution in [3.8, 4) is 22.7 Å². The van der Waals surface area contributed by atoms with Crippen LogP contribution in [0.2, 0.25) is 0 Å². The topological polar surface area (TPSA) is 117 Å². The zero-order chi connectivity index (χ0) is 28.3. The van der Waals surface area contributed by atoms with Gasteiger partial charge in [0.05, 0.1) is 21.7 Å². The van der Waals surface area contributed by atoms with E-state index in [1.54, 1.807) is 42.1 Å². The first-order chi connectivity index (χ1) is 20.0. The van der Waals surface area contributed by atoms with Crippen molar-refractivity contribution in [2.24, 2.45) is 0 Å². The van der Waals surface area contributed by atoms with Gasteiger partial charge in [0.2, 0.25) is 4.96 Å². The zero-order valence-corrected chi connectivity index (χ0v) is 22.6. The third kappa shape index (κ3) is 5.25. The molecule has 6 rings (SSSR count). The Kier molecular flexibility index (Phi) is 6.92. The van der Waals surface area contributed by atoms with Crippen LogP contribution in [0.5, 0.6) is 5.75 Å². The highest BCUT2D eigenvalue weighted by Gasteiger charge is 2.20. The summed E-state index contributed by atoms with van der Waals surface area (Å²) in [4.78, 5) is 29.5. The standard InChI is InChI=1S/C30H22N6O4S/c1-2-40-25-15-14-21(17-24(25)36(38)39)28-22(19-34(33-28)23-11-7-4-8-12-23)18-26-29(37)35-30(41-26)31-27(32-35)16-13-20-9-5-3-6-10-20/h3-19H,2H2,1H3/b16-13+,26-18-. The molecule has 0 spiro atoms. The Morgan fingerprint density at radius 2 is 1.76 bits per heavy atom. The van der Waals surface area contributed by atoms with Gasteiger partial charge in [0, 0.05) is 23.4 Å². The number of ether oxygens (including phenoxy) is 1. The number of nitro groups is 1. The molecule has 0 unspecified atom stereocenters. The van der Waals surface area contributed by atoms with E-state index in [1.807, 2.05) is 66.7 Å². The minimum Gasteiger partial charge on any atom is -0.487 e. The fourth-order valence-electron chi connectivity index (χ4n) is 4.31. The Hall–Kier alpha value is -5.42. The molecular weight excluding hydrogens is 540 g/mol. The molecule has 41 heavy (non-hydrogen) atoms. The number of nitrogens with zero attached hydrogens (tertiary/aromatic N) is 6. The van der Waals surface area contributed by atoms with Gasteiger partial charge in [-0.2, -0.15) is 14.6 Å². The molecule has 11 heteroatoms. The van der Waals surface area contributed by atoms with E-state index in [9.17, 15) is 14.9 Å². The van der Waals surface area contributed by atoms with Crippen molar-refractivity contribution < 1.29 is 9.66 Å². The molecule has 0 aliphatic heterocycles. The second-order valence-electron chi connectivity index (χ2n) is 8.91. The van der Waals surface area contributed by atoms with E-state index in [4.69, 9.17) is 9.84 Å². The van der Waals surface area contributed by atoms with Gasteiger partial charge in [-0.3, -0.25) is 14.9 Å². The van der Waals surface area contributed by atoms with Crippen LogP contribution in [0.3, 0.4) is 0 Å². The molecular formula is C30H22N6O4S. The number of fused-ring (bicyclic) bond motifs is 1. The molecule has 0 amide bonds. The van der Waals surface area contributed by atoms with Crippen molar-refractivity contribution in [2.45, 2.75) is 6.92 Å². The molecule has 0 aliphatic carbocycles. The van der Waals surface area contributed by atoms with Gasteiger partial charge in [-0.1, -0.05) is 65.9 Å². The fourth-order valence-corrected chi connectivity index (χ4v) is 5.22. The summed E-state index contributed by atoms with van der Waals surface area (Å²) in [5, 5.41) is 20.9. The van der Waals surface area contributed by atoms with Gasteiger partial charge in [0.15, 0.2) is 11.6 Å². The van der Waals surface area contributed by atoms with Crippen LogP contribution in [-0.2, 0) is 0 Å². The Morgan fingerprint density at radius 3 is 2.46 bits per heavy atom. The number of hydrogen-bond acceptors (Lipinski definition) is 8. The summed E-state index contributed by atoms with van der Waals surface area (Å²) in [6.45, 7) is 2.06. The molecule has 6 aromatic rings. The lowest BCUT2D eigenvalue weighted by Gasteiger charge is -2.06. The van der Waals surface area contributed by atoms with Gasteiger partial charge in [-0.15, -0.1) is 5.10 Å². The van der Waals surface area contributed by atoms with Crippen molar-refractivity contribution in [3.63, 3.8) is 0 Å². The van der Waals surface area contributed by atoms with Crippen molar-refractivity contribution in [3.05, 3.63) is 127 Å². The Bertz CT molecular complexity index is 2010. The Labute approximate surface area is 237 Å². The molecule has 0 atom stereocenters. The van der Waals surface area contributed by atoms with E-state index in [2.05, 4.69) is 10.1 Å². The van der Waals surface area contributed by atoms with E-state index in [1.165, 1.54) is 21.9 Å². The van der Waals surface area contributed by atoms with Gasteiger partial charge >= 0.3 is 5.69 Å². The van der Waals surface area contributed by atoms with E-state index >= 15 is 0 Å². The number of benzene rings is 3. The van der Waals surface area contributed by atoms with Gasteiger partial charge < -0.3 is 4.74 Å². The van der Waals surface area contributed by atoms with Crippen LogP contribution in [0.1, 0.15) is 23.9 Å². The average Bonchev–Trinajstić information content (AvgIpc) is 3.68. The van der Waals surface area contributed by atoms with Crippen LogP contribution in [-0.4, -0.2) is 35.9 Å². The minimum absolute atomic E-state index is 0.163. The second kappa shape index (κ2) is 11.0. The van der Waals surface area contributed by atoms with E-state index in [-0.39, 0.29) is 17.0 Å². The third-order valence-corrected chi connectivity index (χ3v) is 7.16. The summed E-state index contributed by atoms with van der Waals surface area (Å²) in [7, 11) is 0. The highest BCUT2D eigenvalue weighted by atomic mass is 32.1. The summed E-state index contributed by atoms with van der Waals surface area (Å²) in [6, 6.07) is 24.0. The first-order valence-electron chi connectivity index (χ1n) is 12.7. The molecule has 10 nitrogen and oxygen atoms in total. The number of thiazole rings is 1. The van der Waals surface area contributed by atoms with Gasteiger partial charge in [-0.25, -0.2) is 4.68 Å². The first kappa shape index (κ1) is 25.8. The maximum atomic E-state index is 13.3. The summed E-state index contributed by atoms with van der Waals surface area (Å²) in [6.07, 6.45) is 7.15. The predicted octanol–water partition coefficient (Wildman–Crippen LogP) is 5.03. The van der Waals surface area contributed by atoms with Crippen molar-refractivity contribution in [1.29, 1.82) is 0 Å². The molecule has 0 N–H and O–H groups in total. The second-order valence-corrected chi connectivity index (χ2v) is 9.92. The number of hydrogen-bond donors (Lipinski definition) is 0. The normalized spacial score (nSPS) is 12.0. The van der Waals surface area contributed by atoms with Gasteiger partial charge in [-0.05, 0) is 48.9 Å². The van der Waals surface area contributed by atoms with Crippen LogP contribution >= 0.6 is 11.3 Å². The van der Waals surface area contributed by atoms with Crippen molar-refractivity contribution in [1.82, 2.24) is 24.4 Å². The fraction of sp³-hybridized carbons (Fsp3) is 0.0667. The minimum atomic E-state index is -0.481. The third-order valence-electron chi connectivity index (χ3n) is 6.20. The largest absolute Gasteiger partial charge is 0.487 e. The molecule has 3 aromatic heterocycles. The SMILES string of the molecule is CCOc1ccc(-c2nn(-c3ccccc3)cc2/C=c2\sc3nc(/C=C/c4ccccc4)nn3c2=O)cc1[N+](=O)[O-]. The van der Waals surface area contributed by atoms with Crippen LogP contribution < -0.4 is 14.8 Å². The summed E-state index contributed by atoms with van der Waals surface area (Å²) >= 11 is 1.21. The summed E-state index contributed by atoms with van der Waals surface area (Å²) < 4.78 is 8.82. The lowest BCUT2D eigenvalue weighted by Crippen LogP contribution is -2.23. The molecule has 0 bridgehead atoms. The number of rotatable bonds is 8. The average molecular weight is 563 g/mol. The van der Waals surface area contributed by atoms with Gasteiger partial charge in [0.25, 0.3) is 5.56 Å². The number of aromatic nitrogens is 5. The zero-order valence-electron chi connectivity index (χ0n) is 21.7. The smallest absolute Gasteiger partial charge is 0.311 e.